The van der Waals surface area contributed by atoms with Gasteiger partial charge in [0.15, 0.2) is 0 Å². The molecular weight excluding hydrogens is 232 g/mol. The van der Waals surface area contributed by atoms with Crippen LogP contribution in [0.5, 0.6) is 0 Å². The van der Waals surface area contributed by atoms with Crippen LogP contribution in [-0.4, -0.2) is 74.9 Å². The monoisotopic (exact) mass is 256 g/mol. The van der Waals surface area contributed by atoms with Crippen LogP contribution in [0.2, 0.25) is 0 Å². The summed E-state index contributed by atoms with van der Waals surface area (Å²) in [7, 11) is 2.08. The predicted molar refractivity (Wildman–Crippen MR) is 70.5 cm³/mol. The van der Waals surface area contributed by atoms with Gasteiger partial charge in [0, 0.05) is 26.2 Å². The van der Waals surface area contributed by atoms with E-state index in [4.69, 9.17) is 9.47 Å². The van der Waals surface area contributed by atoms with E-state index in [0.717, 1.165) is 26.2 Å². The second kappa shape index (κ2) is 8.24. The second-order valence-corrected chi connectivity index (χ2v) is 4.54. The molecule has 0 N–H and O–H groups in total. The zero-order valence-electron chi connectivity index (χ0n) is 11.4. The Labute approximate surface area is 109 Å². The summed E-state index contributed by atoms with van der Waals surface area (Å²) in [6.07, 6.45) is 1.95. The third-order valence-corrected chi connectivity index (χ3v) is 2.85. The molecule has 1 aliphatic rings. The highest BCUT2D eigenvalue weighted by Crippen LogP contribution is 2.05. The first kappa shape index (κ1) is 15.1. The van der Waals surface area contributed by atoms with Gasteiger partial charge in [-0.3, -0.25) is 9.69 Å². The van der Waals surface area contributed by atoms with Gasteiger partial charge in [0.05, 0.1) is 25.9 Å². The third kappa shape index (κ3) is 5.62. The summed E-state index contributed by atoms with van der Waals surface area (Å²) < 4.78 is 10.7. The van der Waals surface area contributed by atoms with Gasteiger partial charge in [0.2, 0.25) is 0 Å². The number of ether oxygens (including phenoxy) is 2. The van der Waals surface area contributed by atoms with Crippen LogP contribution in [0.1, 0.15) is 6.92 Å². The van der Waals surface area contributed by atoms with Gasteiger partial charge < -0.3 is 14.4 Å². The molecule has 0 aromatic heterocycles. The fourth-order valence-corrected chi connectivity index (χ4v) is 2.04. The molecule has 0 aromatic carbocycles. The van der Waals surface area contributed by atoms with Gasteiger partial charge in [-0.15, -0.1) is 6.58 Å². The molecule has 0 aliphatic carbocycles. The van der Waals surface area contributed by atoms with E-state index < -0.39 is 0 Å². The summed E-state index contributed by atoms with van der Waals surface area (Å²) in [4.78, 5) is 15.7. The van der Waals surface area contributed by atoms with Gasteiger partial charge in [-0.2, -0.15) is 0 Å². The molecule has 0 spiro atoms. The van der Waals surface area contributed by atoms with E-state index in [1.165, 1.54) is 0 Å². The van der Waals surface area contributed by atoms with Gasteiger partial charge in [-0.1, -0.05) is 6.08 Å². The van der Waals surface area contributed by atoms with Crippen molar-refractivity contribution in [3.8, 4) is 0 Å². The van der Waals surface area contributed by atoms with Crippen LogP contribution in [0.25, 0.3) is 0 Å². The van der Waals surface area contributed by atoms with Gasteiger partial charge >= 0.3 is 5.97 Å². The zero-order valence-corrected chi connectivity index (χ0v) is 11.4. The first-order valence-electron chi connectivity index (χ1n) is 6.44. The molecule has 18 heavy (non-hydrogen) atoms. The number of morpholine rings is 1. The lowest BCUT2D eigenvalue weighted by molar-refractivity contribution is -0.144. The molecule has 0 amide bonds. The maximum Gasteiger partial charge on any atom is 0.320 e. The largest absolute Gasteiger partial charge is 0.465 e. The third-order valence-electron chi connectivity index (χ3n) is 2.85. The summed E-state index contributed by atoms with van der Waals surface area (Å²) in [5.41, 5.74) is 0. The number of carbonyl (C=O) groups excluding carboxylic acids is 1. The molecule has 0 bridgehead atoms. The van der Waals surface area contributed by atoms with Crippen LogP contribution < -0.4 is 0 Å². The van der Waals surface area contributed by atoms with Crippen LogP contribution in [0.15, 0.2) is 12.7 Å². The molecule has 104 valence electrons. The predicted octanol–water partition coefficient (Wildman–Crippen LogP) is 0.368. The number of esters is 1. The number of hydrogen-bond donors (Lipinski definition) is 0. The first-order chi connectivity index (χ1) is 8.65. The molecule has 1 atom stereocenters. The topological polar surface area (TPSA) is 42.0 Å². The molecule has 1 saturated heterocycles. The van der Waals surface area contributed by atoms with Crippen molar-refractivity contribution in [3.63, 3.8) is 0 Å². The Balaban J connectivity index is 2.40. The molecule has 1 unspecified atom stereocenters. The molecule has 5 heteroatoms. The molecule has 0 aromatic rings. The van der Waals surface area contributed by atoms with Crippen LogP contribution in [0.4, 0.5) is 0 Å². The highest BCUT2D eigenvalue weighted by molar-refractivity contribution is 5.71. The lowest BCUT2D eigenvalue weighted by atomic mass is 10.2. The van der Waals surface area contributed by atoms with Crippen molar-refractivity contribution in [2.24, 2.45) is 0 Å². The molecule has 0 saturated carbocycles. The van der Waals surface area contributed by atoms with E-state index >= 15 is 0 Å². The lowest BCUT2D eigenvalue weighted by Gasteiger charge is -2.33. The Bertz CT molecular complexity index is 271. The van der Waals surface area contributed by atoms with Gasteiger partial charge in [-0.25, -0.2) is 0 Å². The molecule has 1 heterocycles. The Morgan fingerprint density at radius 1 is 1.67 bits per heavy atom. The molecule has 5 nitrogen and oxygen atoms in total. The van der Waals surface area contributed by atoms with E-state index in [1.54, 1.807) is 6.08 Å². The van der Waals surface area contributed by atoms with E-state index in [1.807, 2.05) is 11.8 Å². The Morgan fingerprint density at radius 2 is 2.44 bits per heavy atom. The van der Waals surface area contributed by atoms with Crippen molar-refractivity contribution in [1.29, 1.82) is 0 Å². The molecule has 1 rings (SSSR count). The van der Waals surface area contributed by atoms with Gasteiger partial charge in [0.25, 0.3) is 0 Å². The maximum absolute atomic E-state index is 11.5. The minimum atomic E-state index is -0.191. The van der Waals surface area contributed by atoms with Gasteiger partial charge in [0.1, 0.15) is 0 Å². The number of likely N-dealkylation sites (N-methyl/N-ethyl adjacent to an activating group) is 1. The summed E-state index contributed by atoms with van der Waals surface area (Å²) in [5, 5.41) is 0. The van der Waals surface area contributed by atoms with Crippen LogP contribution >= 0.6 is 0 Å². The molecule has 0 radical (unpaired) electrons. The molecular formula is C13H24N2O3. The first-order valence-corrected chi connectivity index (χ1v) is 6.44. The van der Waals surface area contributed by atoms with Crippen molar-refractivity contribution in [3.05, 3.63) is 12.7 Å². The highest BCUT2D eigenvalue weighted by atomic mass is 16.5. The van der Waals surface area contributed by atoms with E-state index in [2.05, 4.69) is 18.5 Å². The number of rotatable bonds is 7. The van der Waals surface area contributed by atoms with E-state index in [-0.39, 0.29) is 12.1 Å². The maximum atomic E-state index is 11.5. The highest BCUT2D eigenvalue weighted by Gasteiger charge is 2.21. The summed E-state index contributed by atoms with van der Waals surface area (Å²) in [5.74, 6) is -0.191. The molecule has 1 fully saturated rings. The average Bonchev–Trinajstić information content (AvgIpc) is 2.29. The van der Waals surface area contributed by atoms with Crippen LogP contribution in [-0.2, 0) is 14.3 Å². The SMILES string of the molecule is C=CCN(CC(=O)OCC)CC1CN(C)CCO1. The van der Waals surface area contributed by atoms with Crippen molar-refractivity contribution in [2.45, 2.75) is 13.0 Å². The summed E-state index contributed by atoms with van der Waals surface area (Å²) >= 11 is 0. The summed E-state index contributed by atoms with van der Waals surface area (Å²) in [6.45, 7) is 10.3. The Morgan fingerprint density at radius 3 is 3.06 bits per heavy atom. The summed E-state index contributed by atoms with van der Waals surface area (Å²) in [6, 6.07) is 0. The Kier molecular flexibility index (Phi) is 6.93. The number of nitrogens with zero attached hydrogens (tertiary/aromatic N) is 2. The smallest absolute Gasteiger partial charge is 0.320 e. The van der Waals surface area contributed by atoms with Crippen LogP contribution in [0.3, 0.4) is 0 Å². The molecule has 1 aliphatic heterocycles. The quantitative estimate of drug-likeness (QED) is 0.486. The standard InChI is InChI=1S/C13H24N2O3/c1-4-6-15(11-13(16)17-5-2)10-12-9-14(3)7-8-18-12/h4,12H,1,5-11H2,2-3H3. The van der Waals surface area contributed by atoms with Crippen molar-refractivity contribution in [2.75, 3.05) is 53.0 Å². The number of hydrogen-bond acceptors (Lipinski definition) is 5. The van der Waals surface area contributed by atoms with Crippen molar-refractivity contribution in [1.82, 2.24) is 9.80 Å². The van der Waals surface area contributed by atoms with Gasteiger partial charge in [-0.05, 0) is 14.0 Å². The zero-order chi connectivity index (χ0) is 13.4. The Hall–Kier alpha value is -0.910. The fraction of sp³-hybridized carbons (Fsp3) is 0.769. The lowest BCUT2D eigenvalue weighted by Crippen LogP contribution is -2.47. The minimum Gasteiger partial charge on any atom is -0.465 e. The number of carbonyl (C=O) groups is 1. The van der Waals surface area contributed by atoms with Crippen molar-refractivity contribution < 1.29 is 14.3 Å². The van der Waals surface area contributed by atoms with Crippen LogP contribution in [0, 0.1) is 0 Å². The van der Waals surface area contributed by atoms with E-state index in [0.29, 0.717) is 19.7 Å². The fourth-order valence-electron chi connectivity index (χ4n) is 2.04. The normalized spacial score (nSPS) is 20.9. The van der Waals surface area contributed by atoms with E-state index in [9.17, 15) is 4.79 Å². The van der Waals surface area contributed by atoms with Crippen molar-refractivity contribution >= 4 is 5.97 Å². The average molecular weight is 256 g/mol. The minimum absolute atomic E-state index is 0.151. The second-order valence-electron chi connectivity index (χ2n) is 4.54.